The van der Waals surface area contributed by atoms with Crippen molar-refractivity contribution in [2.75, 3.05) is 31.6 Å². The summed E-state index contributed by atoms with van der Waals surface area (Å²) in [6.07, 6.45) is -0.0569. The molecule has 1 aromatic carbocycles. The second kappa shape index (κ2) is 7.38. The van der Waals surface area contributed by atoms with Crippen molar-refractivity contribution in [2.45, 2.75) is 12.5 Å². The zero-order valence-corrected chi connectivity index (χ0v) is 14.2. The van der Waals surface area contributed by atoms with Crippen LogP contribution < -0.4 is 10.6 Å². The van der Waals surface area contributed by atoms with Crippen molar-refractivity contribution in [3.05, 3.63) is 28.2 Å². The number of carbonyl (C=O) groups is 2. The number of rotatable bonds is 3. The molecule has 0 bridgehead atoms. The summed E-state index contributed by atoms with van der Waals surface area (Å²) in [6, 6.07) is 4.03. The fourth-order valence-corrected chi connectivity index (χ4v) is 2.93. The predicted molar refractivity (Wildman–Crippen MR) is 91.5 cm³/mol. The van der Waals surface area contributed by atoms with Crippen molar-refractivity contribution in [1.29, 1.82) is 0 Å². The molecule has 0 unspecified atom stereocenters. The molecule has 0 radical (unpaired) electrons. The molecule has 7 nitrogen and oxygen atoms in total. The highest BCUT2D eigenvalue weighted by Crippen LogP contribution is 2.25. The van der Waals surface area contributed by atoms with Gasteiger partial charge in [0.2, 0.25) is 11.9 Å². The fourth-order valence-electron chi connectivity index (χ4n) is 2.47. The first-order chi connectivity index (χ1) is 11.5. The molecule has 2 amide bonds. The Kier molecular flexibility index (Phi) is 5.23. The zero-order chi connectivity index (χ0) is 17.1. The number of carbonyl (C=O) groups excluding carboxylic acids is 2. The van der Waals surface area contributed by atoms with E-state index in [0.29, 0.717) is 48.0 Å². The Morgan fingerprint density at radius 3 is 2.83 bits per heavy atom. The second-order valence-electron chi connectivity index (χ2n) is 5.43. The maximum absolute atomic E-state index is 12.1. The minimum Gasteiger partial charge on any atom is -0.378 e. The summed E-state index contributed by atoms with van der Waals surface area (Å²) in [4.78, 5) is 30.4. The summed E-state index contributed by atoms with van der Waals surface area (Å²) in [5.41, 5.74) is 0.446. The van der Waals surface area contributed by atoms with Gasteiger partial charge >= 0.3 is 0 Å². The number of morpholine rings is 1. The van der Waals surface area contributed by atoms with Crippen molar-refractivity contribution in [2.24, 2.45) is 4.99 Å². The number of benzene rings is 1. The minimum absolute atomic E-state index is 0.0569. The van der Waals surface area contributed by atoms with Crippen LogP contribution in [0.2, 0.25) is 10.0 Å². The third kappa shape index (κ3) is 3.98. The van der Waals surface area contributed by atoms with Gasteiger partial charge in [0.25, 0.3) is 5.91 Å². The van der Waals surface area contributed by atoms with Gasteiger partial charge in [-0.2, -0.15) is 0 Å². The number of nitrogens with zero attached hydrogens (tertiary/aromatic N) is 2. The van der Waals surface area contributed by atoms with Crippen LogP contribution in [-0.2, 0) is 14.3 Å². The molecule has 1 atom stereocenters. The number of ether oxygens (including phenoxy) is 1. The summed E-state index contributed by atoms with van der Waals surface area (Å²) >= 11 is 11.8. The van der Waals surface area contributed by atoms with Gasteiger partial charge in [-0.05, 0) is 18.2 Å². The Labute approximate surface area is 149 Å². The van der Waals surface area contributed by atoms with Gasteiger partial charge in [-0.15, -0.1) is 0 Å². The lowest BCUT2D eigenvalue weighted by Gasteiger charge is -2.27. The molecule has 0 aliphatic carbocycles. The summed E-state index contributed by atoms with van der Waals surface area (Å²) in [5, 5.41) is 6.20. The Balaban J connectivity index is 1.61. The minimum atomic E-state index is -0.742. The molecule has 2 aliphatic rings. The largest absolute Gasteiger partial charge is 0.378 e. The van der Waals surface area contributed by atoms with Gasteiger partial charge in [-0.3, -0.25) is 14.9 Å². The molecule has 0 saturated carbocycles. The van der Waals surface area contributed by atoms with Crippen LogP contribution in [0.3, 0.4) is 0 Å². The van der Waals surface area contributed by atoms with Crippen LogP contribution >= 0.6 is 23.2 Å². The molecule has 24 heavy (non-hydrogen) atoms. The van der Waals surface area contributed by atoms with E-state index in [-0.39, 0.29) is 18.2 Å². The number of amides is 2. The second-order valence-corrected chi connectivity index (χ2v) is 6.28. The molecule has 128 valence electrons. The standard InChI is InChI=1S/C15H16Cl2N4O3/c16-9-1-2-11(10(17)7-9)18-13(22)8-12-14(23)20-15(19-12)21-3-5-24-6-4-21/h1-2,7,12H,3-6,8H2,(H,18,22)(H,19,20,23)/t12-/m1/s1. The molecule has 1 saturated heterocycles. The van der Waals surface area contributed by atoms with Crippen molar-refractivity contribution < 1.29 is 14.3 Å². The van der Waals surface area contributed by atoms with E-state index in [1.165, 1.54) is 6.07 Å². The van der Waals surface area contributed by atoms with Crippen LogP contribution in [0.1, 0.15) is 6.42 Å². The Bertz CT molecular complexity index is 689. The van der Waals surface area contributed by atoms with Gasteiger partial charge in [-0.25, -0.2) is 4.99 Å². The number of hydrogen-bond donors (Lipinski definition) is 2. The van der Waals surface area contributed by atoms with Crippen LogP contribution in [0.15, 0.2) is 23.2 Å². The third-order valence-corrected chi connectivity index (χ3v) is 4.26. The molecule has 1 fully saturated rings. The smallest absolute Gasteiger partial charge is 0.252 e. The summed E-state index contributed by atoms with van der Waals surface area (Å²) in [7, 11) is 0. The summed E-state index contributed by atoms with van der Waals surface area (Å²) < 4.78 is 5.27. The van der Waals surface area contributed by atoms with E-state index in [4.69, 9.17) is 27.9 Å². The molecule has 2 N–H and O–H groups in total. The first-order valence-electron chi connectivity index (χ1n) is 7.49. The van der Waals surface area contributed by atoms with Gasteiger partial charge in [0, 0.05) is 18.1 Å². The Morgan fingerprint density at radius 2 is 2.12 bits per heavy atom. The Hall–Kier alpha value is -1.83. The van der Waals surface area contributed by atoms with E-state index in [0.717, 1.165) is 0 Å². The highest BCUT2D eigenvalue weighted by Gasteiger charge is 2.31. The molecule has 2 heterocycles. The molecule has 0 spiro atoms. The van der Waals surface area contributed by atoms with E-state index >= 15 is 0 Å². The van der Waals surface area contributed by atoms with Crippen LogP contribution in [-0.4, -0.2) is 55.0 Å². The molecular formula is C15H16Cl2N4O3. The number of nitrogens with one attached hydrogen (secondary N) is 2. The fraction of sp³-hybridized carbons (Fsp3) is 0.400. The van der Waals surface area contributed by atoms with Gasteiger partial charge in [0.05, 0.1) is 30.3 Å². The van der Waals surface area contributed by atoms with Crippen LogP contribution in [0.5, 0.6) is 0 Å². The highest BCUT2D eigenvalue weighted by molar-refractivity contribution is 6.36. The summed E-state index contributed by atoms with van der Waals surface area (Å²) in [6.45, 7) is 2.51. The lowest BCUT2D eigenvalue weighted by molar-refractivity contribution is -0.124. The molecule has 2 aliphatic heterocycles. The van der Waals surface area contributed by atoms with E-state index in [9.17, 15) is 9.59 Å². The zero-order valence-electron chi connectivity index (χ0n) is 12.7. The lowest BCUT2D eigenvalue weighted by Crippen LogP contribution is -2.46. The third-order valence-electron chi connectivity index (χ3n) is 3.71. The predicted octanol–water partition coefficient (Wildman–Crippen LogP) is 1.51. The van der Waals surface area contributed by atoms with Crippen molar-refractivity contribution in [3.63, 3.8) is 0 Å². The molecule has 1 aromatic rings. The summed E-state index contributed by atoms with van der Waals surface area (Å²) in [5.74, 6) is -0.120. The molecule has 0 aromatic heterocycles. The number of aliphatic imine (C=N–C) groups is 1. The molecule has 9 heteroatoms. The van der Waals surface area contributed by atoms with E-state index in [1.54, 1.807) is 12.1 Å². The SMILES string of the molecule is O=C(C[C@H]1N=C(N2CCOCC2)NC1=O)Nc1ccc(Cl)cc1Cl. The monoisotopic (exact) mass is 370 g/mol. The highest BCUT2D eigenvalue weighted by atomic mass is 35.5. The van der Waals surface area contributed by atoms with Crippen LogP contribution in [0.4, 0.5) is 5.69 Å². The Morgan fingerprint density at radius 1 is 1.38 bits per heavy atom. The van der Waals surface area contributed by atoms with E-state index < -0.39 is 6.04 Å². The average Bonchev–Trinajstić information content (AvgIpc) is 2.92. The van der Waals surface area contributed by atoms with Crippen molar-refractivity contribution in [1.82, 2.24) is 10.2 Å². The van der Waals surface area contributed by atoms with Crippen LogP contribution in [0, 0.1) is 0 Å². The van der Waals surface area contributed by atoms with Gasteiger partial charge in [-0.1, -0.05) is 23.2 Å². The van der Waals surface area contributed by atoms with Gasteiger partial charge < -0.3 is 15.0 Å². The average molecular weight is 371 g/mol. The maximum Gasteiger partial charge on any atom is 0.252 e. The topological polar surface area (TPSA) is 83.0 Å². The van der Waals surface area contributed by atoms with Gasteiger partial charge in [0.1, 0.15) is 6.04 Å². The van der Waals surface area contributed by atoms with Gasteiger partial charge in [0.15, 0.2) is 0 Å². The van der Waals surface area contributed by atoms with Crippen LogP contribution in [0.25, 0.3) is 0 Å². The molecule has 3 rings (SSSR count). The number of anilines is 1. The van der Waals surface area contributed by atoms with E-state index in [2.05, 4.69) is 15.6 Å². The number of halogens is 2. The van der Waals surface area contributed by atoms with E-state index in [1.807, 2.05) is 4.90 Å². The lowest BCUT2D eigenvalue weighted by atomic mass is 10.2. The normalized spacial score (nSPS) is 20.6. The van der Waals surface area contributed by atoms with Crippen molar-refractivity contribution in [3.8, 4) is 0 Å². The maximum atomic E-state index is 12.1. The van der Waals surface area contributed by atoms with Crippen molar-refractivity contribution >= 4 is 46.7 Å². The first kappa shape index (κ1) is 17.0. The number of hydrogen-bond acceptors (Lipinski definition) is 5. The quantitative estimate of drug-likeness (QED) is 0.844. The number of guanidine groups is 1. The molecular weight excluding hydrogens is 355 g/mol. The first-order valence-corrected chi connectivity index (χ1v) is 8.25.